The number of phenolic OH excluding ortho intramolecular Hbond substituents is 2. The first kappa shape index (κ1) is 31.2. The Morgan fingerprint density at radius 3 is 2.28 bits per heavy atom. The van der Waals surface area contributed by atoms with E-state index in [2.05, 4.69) is 0 Å². The second kappa shape index (κ2) is 11.1. The van der Waals surface area contributed by atoms with E-state index in [9.17, 15) is 33.8 Å². The summed E-state index contributed by atoms with van der Waals surface area (Å²) in [7, 11) is 1.39. The molecule has 3 aromatic carbocycles. The molecule has 3 fully saturated rings. The number of phenols is 2. The largest absolute Gasteiger partial charge is 0.508 e. The van der Waals surface area contributed by atoms with Crippen LogP contribution in [0.1, 0.15) is 29.9 Å². The summed E-state index contributed by atoms with van der Waals surface area (Å²) in [5, 5.41) is 20.4. The first-order valence-corrected chi connectivity index (χ1v) is 15.9. The Hall–Kier alpha value is -4.41. The van der Waals surface area contributed by atoms with Crippen LogP contribution in [0.2, 0.25) is 0 Å². The second-order valence-electron chi connectivity index (χ2n) is 12.4. The Balaban J connectivity index is 1.32. The first-order chi connectivity index (χ1) is 22.4. The summed E-state index contributed by atoms with van der Waals surface area (Å²) in [4.78, 5) is 54.4. The molecule has 12 heteroatoms. The number of anilines is 1. The Bertz CT molecular complexity index is 1870. The molecule has 2 N–H and O–H groups in total. The van der Waals surface area contributed by atoms with Crippen molar-refractivity contribution in [2.75, 3.05) is 18.6 Å². The number of likely N-dealkylation sites (tertiary alicyclic amines) is 1. The molecule has 0 radical (unpaired) electrons. The molecule has 0 aromatic heterocycles. The van der Waals surface area contributed by atoms with E-state index in [0.717, 1.165) is 22.6 Å². The smallest absolute Gasteiger partial charge is 0.258 e. The van der Waals surface area contributed by atoms with Gasteiger partial charge in [0.25, 0.3) is 11.8 Å². The molecule has 4 amide bonds. The van der Waals surface area contributed by atoms with Gasteiger partial charge >= 0.3 is 0 Å². The van der Waals surface area contributed by atoms with Crippen molar-refractivity contribution in [3.8, 4) is 17.2 Å². The molecule has 242 valence electrons. The molecule has 0 spiro atoms. The van der Waals surface area contributed by atoms with Gasteiger partial charge in [0.05, 0.1) is 24.6 Å². The van der Waals surface area contributed by atoms with Gasteiger partial charge in [0.1, 0.15) is 11.6 Å². The van der Waals surface area contributed by atoms with Crippen LogP contribution in [0.3, 0.4) is 0 Å². The number of nitrogens with zero attached hydrogens (tertiary/aromatic N) is 2. The van der Waals surface area contributed by atoms with Gasteiger partial charge < -0.3 is 14.9 Å². The SMILES string of the molecule is COc1ccc(C2C3=CCC4C(=O)N(CCc5ccc(O)cc5)C(=O)C4C3CC3(Cl)C(=O)N(c4ccc(F)cc4)C(=O)C23Cl)cc1O. The number of methoxy groups -OCH3 is 1. The number of halogens is 3. The van der Waals surface area contributed by atoms with Gasteiger partial charge in [-0.05, 0) is 84.8 Å². The zero-order valence-corrected chi connectivity index (χ0v) is 26.5. The number of hydrogen-bond acceptors (Lipinski definition) is 7. The average Bonchev–Trinajstić information content (AvgIpc) is 3.38. The fourth-order valence-electron chi connectivity index (χ4n) is 7.85. The summed E-state index contributed by atoms with van der Waals surface area (Å²) >= 11 is 14.7. The highest BCUT2D eigenvalue weighted by molar-refractivity contribution is 6.58. The van der Waals surface area contributed by atoms with E-state index in [-0.39, 0.29) is 48.2 Å². The molecule has 2 saturated heterocycles. The van der Waals surface area contributed by atoms with Crippen molar-refractivity contribution in [3.05, 3.63) is 95.3 Å². The van der Waals surface area contributed by atoms with Crippen LogP contribution < -0.4 is 9.64 Å². The minimum Gasteiger partial charge on any atom is -0.508 e. The van der Waals surface area contributed by atoms with Crippen molar-refractivity contribution in [1.82, 2.24) is 4.90 Å². The summed E-state index contributed by atoms with van der Waals surface area (Å²) in [6.07, 6.45) is 2.17. The predicted molar refractivity (Wildman–Crippen MR) is 170 cm³/mol. The van der Waals surface area contributed by atoms with E-state index in [0.29, 0.717) is 17.6 Å². The Morgan fingerprint density at radius 2 is 1.62 bits per heavy atom. The van der Waals surface area contributed by atoms with E-state index in [4.69, 9.17) is 27.9 Å². The number of allylic oxidation sites excluding steroid dienone is 2. The highest BCUT2D eigenvalue weighted by atomic mass is 35.5. The topological polar surface area (TPSA) is 124 Å². The van der Waals surface area contributed by atoms with E-state index in [1.807, 2.05) is 6.08 Å². The Kier molecular flexibility index (Phi) is 7.37. The van der Waals surface area contributed by atoms with Gasteiger partial charge in [-0.2, -0.15) is 0 Å². The van der Waals surface area contributed by atoms with Crippen molar-refractivity contribution in [3.63, 3.8) is 0 Å². The molecule has 2 heterocycles. The summed E-state index contributed by atoms with van der Waals surface area (Å²) in [5.74, 6) is -6.31. The maximum absolute atomic E-state index is 14.4. The number of alkyl halides is 2. The third kappa shape index (κ3) is 4.48. The number of amides is 4. The average molecular weight is 680 g/mol. The second-order valence-corrected chi connectivity index (χ2v) is 13.7. The van der Waals surface area contributed by atoms with Crippen LogP contribution in [0.4, 0.5) is 10.1 Å². The maximum atomic E-state index is 14.4. The van der Waals surface area contributed by atoms with Gasteiger partial charge in [-0.1, -0.05) is 29.8 Å². The van der Waals surface area contributed by atoms with Crippen LogP contribution in [0.15, 0.2) is 78.4 Å². The normalized spacial score (nSPS) is 29.8. The summed E-state index contributed by atoms with van der Waals surface area (Å²) in [6, 6.07) is 15.8. The van der Waals surface area contributed by atoms with E-state index < -0.39 is 57.0 Å². The number of carbonyl (C=O) groups excluding carboxylic acids is 4. The number of aromatic hydroxyl groups is 2. The van der Waals surface area contributed by atoms with E-state index >= 15 is 0 Å². The third-order valence-corrected chi connectivity index (χ3v) is 11.5. The molecule has 2 aliphatic heterocycles. The van der Waals surface area contributed by atoms with Crippen LogP contribution >= 0.6 is 23.2 Å². The minimum absolute atomic E-state index is 0.0783. The third-order valence-electron chi connectivity index (χ3n) is 10.1. The van der Waals surface area contributed by atoms with Crippen LogP contribution in [0.25, 0.3) is 0 Å². The van der Waals surface area contributed by atoms with Gasteiger partial charge in [-0.15, -0.1) is 23.2 Å². The number of imide groups is 2. The lowest BCUT2D eigenvalue weighted by atomic mass is 9.56. The van der Waals surface area contributed by atoms with Crippen molar-refractivity contribution in [1.29, 1.82) is 0 Å². The van der Waals surface area contributed by atoms with E-state index in [1.54, 1.807) is 18.2 Å². The number of benzene rings is 3. The number of rotatable bonds is 6. The number of fused-ring (bicyclic) bond motifs is 4. The van der Waals surface area contributed by atoms with Crippen LogP contribution in [0, 0.1) is 23.6 Å². The molecular formula is C35H29Cl2FN2O7. The van der Waals surface area contributed by atoms with Crippen molar-refractivity contribution < 1.29 is 38.5 Å². The number of hydrogen-bond donors (Lipinski definition) is 2. The molecular weight excluding hydrogens is 650 g/mol. The molecule has 7 rings (SSSR count). The van der Waals surface area contributed by atoms with Crippen LogP contribution in [-0.2, 0) is 25.6 Å². The lowest BCUT2D eigenvalue weighted by molar-refractivity contribution is -0.140. The summed E-state index contributed by atoms with van der Waals surface area (Å²) in [5.41, 5.74) is 1.85. The minimum atomic E-state index is -2.11. The van der Waals surface area contributed by atoms with Crippen LogP contribution in [0.5, 0.6) is 17.2 Å². The molecule has 3 aromatic rings. The van der Waals surface area contributed by atoms with Crippen molar-refractivity contribution >= 4 is 52.5 Å². The monoisotopic (exact) mass is 678 g/mol. The highest BCUT2D eigenvalue weighted by Crippen LogP contribution is 2.66. The quantitative estimate of drug-likeness (QED) is 0.212. The Labute approximate surface area is 279 Å². The molecule has 9 nitrogen and oxygen atoms in total. The maximum Gasteiger partial charge on any atom is 0.258 e. The molecule has 47 heavy (non-hydrogen) atoms. The van der Waals surface area contributed by atoms with Crippen molar-refractivity contribution in [2.45, 2.75) is 34.9 Å². The van der Waals surface area contributed by atoms with Crippen LogP contribution in [-0.4, -0.2) is 62.1 Å². The molecule has 2 aliphatic carbocycles. The molecule has 0 bridgehead atoms. The van der Waals surface area contributed by atoms with Gasteiger partial charge in [0, 0.05) is 12.5 Å². The zero-order chi connectivity index (χ0) is 33.4. The molecule has 4 aliphatic rings. The molecule has 1 saturated carbocycles. The first-order valence-electron chi connectivity index (χ1n) is 15.1. The molecule has 6 unspecified atom stereocenters. The van der Waals surface area contributed by atoms with E-state index in [1.165, 1.54) is 48.4 Å². The number of ether oxygens (including phenoxy) is 1. The number of carbonyl (C=O) groups is 4. The fourth-order valence-corrected chi connectivity index (χ4v) is 8.78. The van der Waals surface area contributed by atoms with Gasteiger partial charge in [0.2, 0.25) is 11.8 Å². The standard InChI is InChI=1S/C35H29Cl2FN2O7/c1-47-27-13-4-19(16-26(27)42)29-23-11-12-24-28(31(44)39(30(24)43)15-14-18-2-9-22(41)10-3-18)25(23)17-34(36)32(45)40(33(46)35(29,34)37)21-7-5-20(38)6-8-21/h2-11,13,16,24-25,28-29,41-42H,12,14-15,17H2,1H3. The highest BCUT2D eigenvalue weighted by Gasteiger charge is 2.76. The van der Waals surface area contributed by atoms with Gasteiger partial charge in [-0.25, -0.2) is 9.29 Å². The lowest BCUT2D eigenvalue weighted by Gasteiger charge is -2.50. The Morgan fingerprint density at radius 1 is 0.915 bits per heavy atom. The summed E-state index contributed by atoms with van der Waals surface area (Å²) in [6.45, 7) is 0.120. The van der Waals surface area contributed by atoms with Gasteiger partial charge in [0.15, 0.2) is 21.2 Å². The van der Waals surface area contributed by atoms with Crippen molar-refractivity contribution in [2.24, 2.45) is 17.8 Å². The summed E-state index contributed by atoms with van der Waals surface area (Å²) < 4.78 is 19.1. The zero-order valence-electron chi connectivity index (χ0n) is 25.0. The molecule has 6 atom stereocenters. The predicted octanol–water partition coefficient (Wildman–Crippen LogP) is 5.05. The van der Waals surface area contributed by atoms with Gasteiger partial charge in [-0.3, -0.25) is 24.1 Å². The lowest BCUT2D eigenvalue weighted by Crippen LogP contribution is -2.60. The fraction of sp³-hybridized carbons (Fsp3) is 0.314.